The Bertz CT molecular complexity index is 547. The molecule has 0 saturated carbocycles. The van der Waals surface area contributed by atoms with Crippen molar-refractivity contribution in [1.82, 2.24) is 9.97 Å². The van der Waals surface area contributed by atoms with Crippen molar-refractivity contribution in [1.29, 1.82) is 0 Å². The van der Waals surface area contributed by atoms with Gasteiger partial charge in [0.2, 0.25) is 5.95 Å². The molecule has 0 aliphatic carbocycles. The first-order valence-electron chi connectivity index (χ1n) is 8.52. The average Bonchev–Trinajstić information content (AvgIpc) is 2.36. The van der Waals surface area contributed by atoms with Gasteiger partial charge in [0.05, 0.1) is 0 Å². The highest BCUT2D eigenvalue weighted by Crippen LogP contribution is 2.02. The van der Waals surface area contributed by atoms with E-state index in [2.05, 4.69) is 9.97 Å². The lowest BCUT2D eigenvalue weighted by molar-refractivity contribution is 0.425. The van der Waals surface area contributed by atoms with Gasteiger partial charge in [-0.15, -0.1) is 0 Å². The SMILES string of the molecule is [2H]C([2H])([2H])C([2H])([2H])N(c1ncc(B(O)O)cn1)C([2H])([2H])C([2H])([2H])[2H]. The van der Waals surface area contributed by atoms with Crippen molar-refractivity contribution in [2.75, 3.05) is 17.9 Å². The molecule has 1 aromatic rings. The molecule has 0 fully saturated rings. The summed E-state index contributed by atoms with van der Waals surface area (Å²) in [5.41, 5.74) is -0.234. The number of aromatic nitrogens is 2. The summed E-state index contributed by atoms with van der Waals surface area (Å²) in [4.78, 5) is 6.76. The fourth-order valence-corrected chi connectivity index (χ4v) is 0.708. The van der Waals surface area contributed by atoms with Crippen LogP contribution >= 0.6 is 0 Å². The lowest BCUT2D eigenvalue weighted by Gasteiger charge is -2.17. The Morgan fingerprint density at radius 3 is 2.43 bits per heavy atom. The van der Waals surface area contributed by atoms with Crippen LogP contribution in [-0.4, -0.2) is 40.1 Å². The van der Waals surface area contributed by atoms with E-state index in [0.717, 1.165) is 12.4 Å². The summed E-state index contributed by atoms with van der Waals surface area (Å²) in [6.45, 7) is -13.8. The molecule has 0 aliphatic heterocycles. The predicted molar refractivity (Wildman–Crippen MR) is 55.4 cm³/mol. The Hall–Kier alpha value is -1.14. The van der Waals surface area contributed by atoms with Crippen LogP contribution in [0.4, 0.5) is 5.95 Å². The van der Waals surface area contributed by atoms with E-state index in [9.17, 15) is 0 Å². The van der Waals surface area contributed by atoms with Gasteiger partial charge in [-0.1, -0.05) is 0 Å². The van der Waals surface area contributed by atoms with Crippen LogP contribution in [0.2, 0.25) is 0 Å². The van der Waals surface area contributed by atoms with Crippen LogP contribution in [-0.2, 0) is 0 Å². The van der Waals surface area contributed by atoms with E-state index in [4.69, 9.17) is 23.8 Å². The van der Waals surface area contributed by atoms with Crippen molar-refractivity contribution < 1.29 is 23.8 Å². The number of rotatable bonds is 4. The first kappa shape index (κ1) is 3.46. The monoisotopic (exact) mass is 205 g/mol. The molecule has 1 rings (SSSR count). The highest BCUT2D eigenvalue weighted by molar-refractivity contribution is 6.58. The van der Waals surface area contributed by atoms with Crippen molar-refractivity contribution in [2.45, 2.75) is 13.7 Å². The summed E-state index contributed by atoms with van der Waals surface area (Å²) in [5.74, 6) is -0.873. The minimum absolute atomic E-state index is 0.187. The third-order valence-corrected chi connectivity index (χ3v) is 1.38. The molecule has 0 unspecified atom stereocenters. The van der Waals surface area contributed by atoms with Crippen LogP contribution in [0, 0.1) is 0 Å². The van der Waals surface area contributed by atoms with Gasteiger partial charge in [-0.3, -0.25) is 0 Å². The maximum atomic E-state index is 8.97. The van der Waals surface area contributed by atoms with Gasteiger partial charge in [0.25, 0.3) is 0 Å². The van der Waals surface area contributed by atoms with Crippen LogP contribution in [0.15, 0.2) is 12.4 Å². The molecule has 0 saturated heterocycles. The normalized spacial score (nSPS) is 24.4. The molecule has 0 bridgehead atoms. The second-order valence-corrected chi connectivity index (χ2v) is 2.25. The topological polar surface area (TPSA) is 69.5 Å². The molecule has 0 atom stereocenters. The predicted octanol–water partition coefficient (Wildman–Crippen LogP) is -0.997. The molecule has 5 nitrogen and oxygen atoms in total. The molecule has 0 aliphatic rings. The summed E-state index contributed by atoms with van der Waals surface area (Å²) in [7, 11) is -1.97. The highest BCUT2D eigenvalue weighted by atomic mass is 16.4. The van der Waals surface area contributed by atoms with Crippen molar-refractivity contribution in [3.63, 3.8) is 0 Å². The van der Waals surface area contributed by atoms with Gasteiger partial charge in [0, 0.05) is 44.6 Å². The lowest BCUT2D eigenvalue weighted by Crippen LogP contribution is -2.32. The lowest BCUT2D eigenvalue weighted by atomic mass is 9.83. The van der Waals surface area contributed by atoms with E-state index in [-0.39, 0.29) is 10.4 Å². The van der Waals surface area contributed by atoms with Gasteiger partial charge in [0.15, 0.2) is 0 Å². The summed E-state index contributed by atoms with van der Waals surface area (Å²) >= 11 is 0. The summed E-state index contributed by atoms with van der Waals surface area (Å²) in [6, 6.07) is 0. The molecule has 0 amide bonds. The zero-order valence-electron chi connectivity index (χ0n) is 17.0. The Labute approximate surface area is 97.6 Å². The Morgan fingerprint density at radius 1 is 1.43 bits per heavy atom. The maximum Gasteiger partial charge on any atom is 0.491 e. The molecular weight excluding hydrogens is 181 g/mol. The zero-order chi connectivity index (χ0) is 19.1. The summed E-state index contributed by atoms with van der Waals surface area (Å²) in [5, 5.41) is 17.9. The van der Waals surface area contributed by atoms with Crippen molar-refractivity contribution in [3.05, 3.63) is 12.4 Å². The van der Waals surface area contributed by atoms with Crippen LogP contribution in [0.1, 0.15) is 27.4 Å². The Balaban J connectivity index is 3.56. The highest BCUT2D eigenvalue weighted by Gasteiger charge is 2.12. The van der Waals surface area contributed by atoms with Gasteiger partial charge in [0.1, 0.15) is 0 Å². The standard InChI is InChI=1S/C8H14BN3O2/c1-3-12(4-2)8-10-5-7(6-11-8)9(13)14/h5-6,13-14H,3-4H2,1-2H3/i1D3,2D3,3D2,4D2. The van der Waals surface area contributed by atoms with E-state index in [1.165, 1.54) is 0 Å². The van der Waals surface area contributed by atoms with Gasteiger partial charge >= 0.3 is 7.12 Å². The molecular formula is C8H14BN3O2. The average molecular weight is 205 g/mol. The van der Waals surface area contributed by atoms with Crippen molar-refractivity contribution in [2.24, 2.45) is 0 Å². The fourth-order valence-electron chi connectivity index (χ4n) is 0.708. The van der Waals surface area contributed by atoms with E-state index < -0.39 is 39.8 Å². The molecule has 14 heavy (non-hydrogen) atoms. The minimum Gasteiger partial charge on any atom is -0.423 e. The van der Waals surface area contributed by atoms with E-state index in [1.807, 2.05) is 0 Å². The molecule has 6 heteroatoms. The van der Waals surface area contributed by atoms with Gasteiger partial charge < -0.3 is 14.9 Å². The van der Waals surface area contributed by atoms with Gasteiger partial charge in [-0.2, -0.15) is 0 Å². The fraction of sp³-hybridized carbons (Fsp3) is 0.500. The number of hydrogen-bond donors (Lipinski definition) is 2. The van der Waals surface area contributed by atoms with Crippen LogP contribution < -0.4 is 10.4 Å². The summed E-state index contributed by atoms with van der Waals surface area (Å²) in [6.07, 6.45) is 1.57. The molecule has 0 radical (unpaired) electrons. The third-order valence-electron chi connectivity index (χ3n) is 1.38. The molecule has 1 aromatic heterocycles. The molecule has 0 aromatic carbocycles. The van der Waals surface area contributed by atoms with Crippen molar-refractivity contribution in [3.8, 4) is 0 Å². The molecule has 1 heterocycles. The first-order chi connectivity index (χ1) is 10.5. The minimum atomic E-state index is -3.47. The number of nitrogens with zero attached hydrogens (tertiary/aromatic N) is 3. The van der Waals surface area contributed by atoms with Gasteiger partial charge in [-0.25, -0.2) is 9.97 Å². The summed E-state index contributed by atoms with van der Waals surface area (Å²) < 4.78 is 74.3. The smallest absolute Gasteiger partial charge is 0.423 e. The van der Waals surface area contributed by atoms with E-state index in [1.54, 1.807) is 0 Å². The maximum absolute atomic E-state index is 8.97. The van der Waals surface area contributed by atoms with Crippen molar-refractivity contribution >= 4 is 18.5 Å². The first-order valence-corrected chi connectivity index (χ1v) is 3.52. The second kappa shape index (κ2) is 4.92. The second-order valence-electron chi connectivity index (χ2n) is 2.25. The number of hydrogen-bond acceptors (Lipinski definition) is 5. The van der Waals surface area contributed by atoms with Crippen LogP contribution in [0.25, 0.3) is 0 Å². The molecule has 76 valence electrons. The third kappa shape index (κ3) is 2.43. The number of anilines is 1. The van der Waals surface area contributed by atoms with Crippen LogP contribution in [0.5, 0.6) is 0 Å². The largest absolute Gasteiger partial charge is 0.491 e. The van der Waals surface area contributed by atoms with Gasteiger partial charge in [-0.05, 0) is 13.7 Å². The molecule has 0 spiro atoms. The van der Waals surface area contributed by atoms with Crippen LogP contribution in [0.3, 0.4) is 0 Å². The van der Waals surface area contributed by atoms with E-state index in [0.29, 0.717) is 0 Å². The quantitative estimate of drug-likeness (QED) is 0.617. The Kier molecular flexibility index (Phi) is 1.22. The Morgan fingerprint density at radius 2 is 2.00 bits per heavy atom. The zero-order valence-corrected chi connectivity index (χ0v) is 6.97. The molecule has 2 N–H and O–H groups in total. The van der Waals surface area contributed by atoms with E-state index >= 15 is 0 Å².